The summed E-state index contributed by atoms with van der Waals surface area (Å²) >= 11 is 0. The Labute approximate surface area is 137 Å². The van der Waals surface area contributed by atoms with Crippen LogP contribution in [-0.2, 0) is 6.54 Å². The molecule has 0 aliphatic carbocycles. The highest BCUT2D eigenvalue weighted by atomic mass is 16.2. The number of carbonyl (C=O) groups excluding carboxylic acids is 1. The molecule has 0 spiro atoms. The summed E-state index contributed by atoms with van der Waals surface area (Å²) in [6.45, 7) is 2.36. The van der Waals surface area contributed by atoms with Crippen molar-refractivity contribution in [3.8, 4) is 0 Å². The maximum Gasteiger partial charge on any atom is 0.276 e. The number of para-hydroxylation sites is 1. The van der Waals surface area contributed by atoms with Crippen molar-refractivity contribution in [2.24, 2.45) is 0 Å². The largest absolute Gasteiger partial charge is 0.378 e. The van der Waals surface area contributed by atoms with Gasteiger partial charge in [-0.3, -0.25) is 9.78 Å². The molecule has 23 heavy (non-hydrogen) atoms. The predicted octanol–water partition coefficient (Wildman–Crippen LogP) is 2.24. The van der Waals surface area contributed by atoms with E-state index >= 15 is 0 Å². The van der Waals surface area contributed by atoms with E-state index in [1.54, 1.807) is 6.20 Å². The Bertz CT molecular complexity index is 714. The van der Waals surface area contributed by atoms with Crippen LogP contribution in [0.25, 0.3) is 0 Å². The van der Waals surface area contributed by atoms with Crippen molar-refractivity contribution in [3.63, 3.8) is 0 Å². The van der Waals surface area contributed by atoms with Gasteiger partial charge < -0.3 is 14.7 Å². The van der Waals surface area contributed by atoms with Gasteiger partial charge in [-0.25, -0.2) is 0 Å². The number of benzene rings is 1. The summed E-state index contributed by atoms with van der Waals surface area (Å²) in [5.41, 5.74) is 3.61. The molecule has 1 aromatic heterocycles. The lowest BCUT2D eigenvalue weighted by Gasteiger charge is -2.23. The zero-order valence-electron chi connectivity index (χ0n) is 13.9. The van der Waals surface area contributed by atoms with Gasteiger partial charge in [0.1, 0.15) is 5.69 Å². The first-order valence-corrected chi connectivity index (χ1v) is 7.78. The molecule has 120 valence electrons. The van der Waals surface area contributed by atoms with Gasteiger partial charge in [-0.2, -0.15) is 0 Å². The second kappa shape index (κ2) is 6.38. The number of likely N-dealkylation sites (N-methyl/N-ethyl adjacent to an activating group) is 1. The van der Waals surface area contributed by atoms with Gasteiger partial charge in [0.25, 0.3) is 5.91 Å². The topological polar surface area (TPSA) is 39.7 Å². The van der Waals surface area contributed by atoms with Crippen LogP contribution in [0.4, 0.5) is 11.4 Å². The second-order valence-electron chi connectivity index (χ2n) is 6.12. The molecule has 0 bridgehead atoms. The molecule has 1 amide bonds. The number of fused-ring (bicyclic) bond motifs is 1. The molecule has 0 fully saturated rings. The Hall–Kier alpha value is -2.40. The normalized spacial score (nSPS) is 15.0. The molecule has 0 radical (unpaired) electrons. The fraction of sp³-hybridized carbons (Fsp3) is 0.333. The van der Waals surface area contributed by atoms with Gasteiger partial charge in [0.15, 0.2) is 0 Å². The molecule has 3 rings (SSSR count). The Kier molecular flexibility index (Phi) is 4.30. The average molecular weight is 310 g/mol. The van der Waals surface area contributed by atoms with Crippen LogP contribution in [0.15, 0.2) is 42.6 Å². The molecular formula is C18H22N4O. The van der Waals surface area contributed by atoms with Gasteiger partial charge in [-0.05, 0) is 30.8 Å². The van der Waals surface area contributed by atoms with E-state index in [2.05, 4.69) is 23.0 Å². The molecule has 0 atom stereocenters. The smallest absolute Gasteiger partial charge is 0.276 e. The van der Waals surface area contributed by atoms with Crippen molar-refractivity contribution in [2.75, 3.05) is 44.0 Å². The third-order valence-electron chi connectivity index (χ3n) is 4.15. The van der Waals surface area contributed by atoms with E-state index in [0.29, 0.717) is 12.2 Å². The van der Waals surface area contributed by atoms with E-state index in [1.165, 1.54) is 5.56 Å². The minimum absolute atomic E-state index is 0.0450. The predicted molar refractivity (Wildman–Crippen MR) is 93.0 cm³/mol. The maximum atomic E-state index is 13.0. The molecule has 0 unspecified atom stereocenters. The van der Waals surface area contributed by atoms with Crippen LogP contribution in [0.2, 0.25) is 0 Å². The molecule has 1 aromatic carbocycles. The lowest BCUT2D eigenvalue weighted by Crippen LogP contribution is -2.35. The lowest BCUT2D eigenvalue weighted by atomic mass is 10.1. The van der Waals surface area contributed by atoms with E-state index in [1.807, 2.05) is 54.2 Å². The maximum absolute atomic E-state index is 13.0. The summed E-state index contributed by atoms with van der Waals surface area (Å²) in [5.74, 6) is -0.0450. The van der Waals surface area contributed by atoms with Crippen LogP contribution in [0.5, 0.6) is 0 Å². The van der Waals surface area contributed by atoms with Crippen LogP contribution in [0.3, 0.4) is 0 Å². The summed E-state index contributed by atoms with van der Waals surface area (Å²) in [5, 5.41) is 0. The van der Waals surface area contributed by atoms with Crippen LogP contribution < -0.4 is 9.80 Å². The number of hydrogen-bond acceptors (Lipinski definition) is 4. The van der Waals surface area contributed by atoms with Crippen molar-refractivity contribution >= 4 is 17.3 Å². The highest BCUT2D eigenvalue weighted by Crippen LogP contribution is 2.26. The van der Waals surface area contributed by atoms with Gasteiger partial charge in [0.2, 0.25) is 0 Å². The van der Waals surface area contributed by atoms with Gasteiger partial charge in [0.05, 0.1) is 0 Å². The Morgan fingerprint density at radius 1 is 1.17 bits per heavy atom. The summed E-state index contributed by atoms with van der Waals surface area (Å²) in [7, 11) is 6.00. The number of carbonyl (C=O) groups is 1. The molecule has 1 aliphatic heterocycles. The number of anilines is 2. The molecule has 5 nitrogen and oxygen atoms in total. The number of hydrogen-bond donors (Lipinski definition) is 0. The molecule has 2 heterocycles. The third kappa shape index (κ3) is 3.19. The Morgan fingerprint density at radius 2 is 1.96 bits per heavy atom. The van der Waals surface area contributed by atoms with Gasteiger partial charge >= 0.3 is 0 Å². The van der Waals surface area contributed by atoms with Crippen molar-refractivity contribution < 1.29 is 4.79 Å². The minimum Gasteiger partial charge on any atom is -0.378 e. The highest BCUT2D eigenvalue weighted by molar-refractivity contribution is 6.05. The summed E-state index contributed by atoms with van der Waals surface area (Å²) < 4.78 is 0. The summed E-state index contributed by atoms with van der Waals surface area (Å²) in [4.78, 5) is 23.4. The number of pyridine rings is 1. The Balaban J connectivity index is 1.97. The molecule has 0 N–H and O–H groups in total. The number of rotatable bonds is 2. The monoisotopic (exact) mass is 310 g/mol. The highest BCUT2D eigenvalue weighted by Gasteiger charge is 2.24. The fourth-order valence-corrected chi connectivity index (χ4v) is 2.83. The molecule has 0 saturated carbocycles. The van der Waals surface area contributed by atoms with Crippen LogP contribution in [0, 0.1) is 0 Å². The molecule has 2 aromatic rings. The first-order valence-electron chi connectivity index (χ1n) is 7.78. The molecule has 5 heteroatoms. The number of nitrogens with zero attached hydrogens (tertiary/aromatic N) is 4. The average Bonchev–Trinajstić information content (AvgIpc) is 2.72. The van der Waals surface area contributed by atoms with E-state index in [9.17, 15) is 4.79 Å². The van der Waals surface area contributed by atoms with E-state index in [0.717, 1.165) is 24.5 Å². The molecular weight excluding hydrogens is 288 g/mol. The lowest BCUT2D eigenvalue weighted by molar-refractivity contribution is 0.0981. The van der Waals surface area contributed by atoms with Gasteiger partial charge in [0, 0.05) is 51.3 Å². The minimum atomic E-state index is -0.0450. The Morgan fingerprint density at radius 3 is 2.74 bits per heavy atom. The first kappa shape index (κ1) is 15.5. The summed E-state index contributed by atoms with van der Waals surface area (Å²) in [6, 6.07) is 11.9. The van der Waals surface area contributed by atoms with Crippen molar-refractivity contribution in [3.05, 3.63) is 53.9 Å². The van der Waals surface area contributed by atoms with Gasteiger partial charge in [-0.15, -0.1) is 0 Å². The van der Waals surface area contributed by atoms with Crippen LogP contribution >= 0.6 is 0 Å². The van der Waals surface area contributed by atoms with Crippen molar-refractivity contribution in [2.45, 2.75) is 6.54 Å². The third-order valence-corrected chi connectivity index (χ3v) is 4.15. The number of amides is 1. The van der Waals surface area contributed by atoms with Crippen molar-refractivity contribution in [1.29, 1.82) is 0 Å². The van der Waals surface area contributed by atoms with Crippen LogP contribution in [-0.4, -0.2) is 50.0 Å². The molecule has 1 aliphatic rings. The van der Waals surface area contributed by atoms with Gasteiger partial charge in [-0.1, -0.05) is 18.2 Å². The second-order valence-corrected chi connectivity index (χ2v) is 6.12. The quantitative estimate of drug-likeness (QED) is 0.853. The van der Waals surface area contributed by atoms with E-state index in [-0.39, 0.29) is 5.91 Å². The van der Waals surface area contributed by atoms with E-state index in [4.69, 9.17) is 0 Å². The van der Waals surface area contributed by atoms with Crippen LogP contribution in [0.1, 0.15) is 16.1 Å². The summed E-state index contributed by atoms with van der Waals surface area (Å²) in [6.07, 6.45) is 1.69. The first-order chi connectivity index (χ1) is 11.1. The SMILES string of the molecule is CN1CCN(C(=O)c2cc(N(C)C)ccn2)c2ccccc2C1. The molecule has 0 saturated heterocycles. The number of aromatic nitrogens is 1. The standard InChI is InChI=1S/C18H22N4O/c1-20(2)15-8-9-19-16(12-15)18(23)22-11-10-21(3)13-14-6-4-5-7-17(14)22/h4-9,12H,10-11,13H2,1-3H3. The zero-order valence-corrected chi connectivity index (χ0v) is 13.9. The van der Waals surface area contributed by atoms with E-state index < -0.39 is 0 Å². The fourth-order valence-electron chi connectivity index (χ4n) is 2.83. The van der Waals surface area contributed by atoms with Crippen molar-refractivity contribution in [1.82, 2.24) is 9.88 Å². The zero-order chi connectivity index (χ0) is 16.4.